The van der Waals surface area contributed by atoms with E-state index in [1.165, 1.54) is 89.0 Å². The number of anilines is 3. The first-order valence-corrected chi connectivity index (χ1v) is 22.3. The summed E-state index contributed by atoms with van der Waals surface area (Å²) in [6, 6.07) is 90.7. The van der Waals surface area contributed by atoms with Gasteiger partial charge in [-0.25, -0.2) is 0 Å². The molecule has 304 valence electrons. The lowest BCUT2D eigenvalue weighted by Gasteiger charge is -2.30. The number of benzene rings is 10. The summed E-state index contributed by atoms with van der Waals surface area (Å²) in [4.78, 5) is 2.45. The Morgan fingerprint density at radius 1 is 0.266 bits per heavy atom. The fraction of sp³-hybridized carbons (Fsp3) is 0.0476. The van der Waals surface area contributed by atoms with Gasteiger partial charge in [-0.2, -0.15) is 0 Å². The van der Waals surface area contributed by atoms with Crippen LogP contribution in [0.3, 0.4) is 0 Å². The Bertz CT molecular complexity index is 3240. The van der Waals surface area contributed by atoms with Crippen molar-refractivity contribution in [2.24, 2.45) is 0 Å². The van der Waals surface area contributed by atoms with Crippen molar-refractivity contribution in [3.8, 4) is 77.9 Å². The second-order valence-corrected chi connectivity index (χ2v) is 17.2. The summed E-state index contributed by atoms with van der Waals surface area (Å²) in [5, 5.41) is 0. The molecule has 1 nitrogen and oxygen atoms in total. The van der Waals surface area contributed by atoms with Crippen molar-refractivity contribution < 1.29 is 0 Å². The summed E-state index contributed by atoms with van der Waals surface area (Å²) < 4.78 is 0. The standard InChI is InChI=1S/C63H47N/c1-63(2)59-30-15-14-25-56(59)58-29-16-28-55(62(58)63)50-38-42-52(43-39-50)64(51-40-36-47(37-41-51)46-34-32-45(33-35-46)44-18-6-3-7-19-44)60-31-17-27-54(49-22-10-5-11-23-49)61(60)57-26-13-12-24-53(57)48-20-8-4-9-21-48/h3-43H,1-2H3. The van der Waals surface area contributed by atoms with Gasteiger partial charge in [-0.15, -0.1) is 0 Å². The van der Waals surface area contributed by atoms with Crippen LogP contribution in [0.1, 0.15) is 25.0 Å². The highest BCUT2D eigenvalue weighted by molar-refractivity contribution is 6.01. The smallest absolute Gasteiger partial charge is 0.0546 e. The van der Waals surface area contributed by atoms with Crippen molar-refractivity contribution in [3.05, 3.63) is 260 Å². The highest BCUT2D eigenvalue weighted by Gasteiger charge is 2.37. The van der Waals surface area contributed by atoms with Gasteiger partial charge < -0.3 is 4.90 Å². The summed E-state index contributed by atoms with van der Waals surface area (Å²) in [5.74, 6) is 0. The summed E-state index contributed by atoms with van der Waals surface area (Å²) >= 11 is 0. The zero-order valence-electron chi connectivity index (χ0n) is 36.1. The molecular formula is C63H47N. The molecule has 11 rings (SSSR count). The van der Waals surface area contributed by atoms with Gasteiger partial charge in [0.2, 0.25) is 0 Å². The van der Waals surface area contributed by atoms with Gasteiger partial charge in [0.05, 0.1) is 5.69 Å². The quantitative estimate of drug-likeness (QED) is 0.140. The molecule has 1 heteroatoms. The number of nitrogens with zero attached hydrogens (tertiary/aromatic N) is 1. The molecule has 0 atom stereocenters. The van der Waals surface area contributed by atoms with E-state index in [1.54, 1.807) is 0 Å². The summed E-state index contributed by atoms with van der Waals surface area (Å²) in [7, 11) is 0. The Balaban J connectivity index is 1.08. The molecule has 0 fully saturated rings. The summed E-state index contributed by atoms with van der Waals surface area (Å²) in [6.45, 7) is 4.74. The lowest BCUT2D eigenvalue weighted by atomic mass is 9.79. The van der Waals surface area contributed by atoms with Gasteiger partial charge in [0, 0.05) is 22.4 Å². The molecule has 0 N–H and O–H groups in total. The third-order valence-electron chi connectivity index (χ3n) is 13.1. The highest BCUT2D eigenvalue weighted by atomic mass is 15.1. The van der Waals surface area contributed by atoms with Crippen LogP contribution < -0.4 is 4.90 Å². The molecule has 0 bridgehead atoms. The third kappa shape index (κ3) is 6.93. The number of hydrogen-bond acceptors (Lipinski definition) is 1. The molecule has 10 aromatic rings. The van der Waals surface area contributed by atoms with Crippen LogP contribution in [0.15, 0.2) is 249 Å². The Labute approximate surface area is 377 Å². The summed E-state index contributed by atoms with van der Waals surface area (Å²) in [6.07, 6.45) is 0. The fourth-order valence-electron chi connectivity index (χ4n) is 10.0. The lowest BCUT2D eigenvalue weighted by Crippen LogP contribution is -2.16. The average molecular weight is 818 g/mol. The van der Waals surface area contributed by atoms with Crippen LogP contribution in [0, 0.1) is 0 Å². The number of hydrogen-bond donors (Lipinski definition) is 0. The fourth-order valence-corrected chi connectivity index (χ4v) is 10.0. The summed E-state index contributed by atoms with van der Waals surface area (Å²) in [5.41, 5.74) is 23.0. The lowest BCUT2D eigenvalue weighted by molar-refractivity contribution is 0.662. The second kappa shape index (κ2) is 16.4. The molecule has 0 saturated heterocycles. The van der Waals surface area contributed by atoms with Gasteiger partial charge in [-0.3, -0.25) is 0 Å². The van der Waals surface area contributed by atoms with Crippen molar-refractivity contribution in [2.45, 2.75) is 19.3 Å². The predicted molar refractivity (Wildman–Crippen MR) is 271 cm³/mol. The van der Waals surface area contributed by atoms with Crippen molar-refractivity contribution in [1.29, 1.82) is 0 Å². The minimum atomic E-state index is -0.115. The second-order valence-electron chi connectivity index (χ2n) is 17.2. The zero-order valence-corrected chi connectivity index (χ0v) is 36.1. The minimum Gasteiger partial charge on any atom is -0.310 e. The van der Waals surface area contributed by atoms with Gasteiger partial charge in [0.1, 0.15) is 0 Å². The first-order chi connectivity index (χ1) is 31.5. The highest BCUT2D eigenvalue weighted by Crippen LogP contribution is 2.53. The van der Waals surface area contributed by atoms with Crippen LogP contribution in [0.4, 0.5) is 17.1 Å². The topological polar surface area (TPSA) is 3.24 Å². The van der Waals surface area contributed by atoms with Gasteiger partial charge >= 0.3 is 0 Å². The Morgan fingerprint density at radius 2 is 0.641 bits per heavy atom. The molecule has 0 spiro atoms. The molecule has 0 radical (unpaired) electrons. The predicted octanol–water partition coefficient (Wildman–Crippen LogP) is 17.5. The molecule has 0 heterocycles. The van der Waals surface area contributed by atoms with E-state index in [-0.39, 0.29) is 5.41 Å². The van der Waals surface area contributed by atoms with E-state index >= 15 is 0 Å². The Morgan fingerprint density at radius 3 is 1.23 bits per heavy atom. The number of rotatable bonds is 9. The molecular weight excluding hydrogens is 771 g/mol. The van der Waals surface area contributed by atoms with Crippen LogP contribution in [-0.4, -0.2) is 0 Å². The van der Waals surface area contributed by atoms with Gasteiger partial charge in [-0.05, 0) is 114 Å². The molecule has 64 heavy (non-hydrogen) atoms. The maximum atomic E-state index is 2.45. The molecule has 0 aliphatic heterocycles. The Hall–Kier alpha value is -8.00. The van der Waals surface area contributed by atoms with E-state index in [0.29, 0.717) is 0 Å². The van der Waals surface area contributed by atoms with Crippen LogP contribution in [0.2, 0.25) is 0 Å². The van der Waals surface area contributed by atoms with E-state index in [9.17, 15) is 0 Å². The SMILES string of the molecule is CC1(C)c2ccccc2-c2cccc(-c3ccc(N(c4ccc(-c5ccc(-c6ccccc6)cc5)cc4)c4cccc(-c5ccccc5)c4-c4ccccc4-c4ccccc4)cc3)c21. The first kappa shape index (κ1) is 38.9. The molecule has 10 aromatic carbocycles. The normalized spacial score (nSPS) is 12.3. The van der Waals surface area contributed by atoms with Crippen LogP contribution in [0.25, 0.3) is 77.9 Å². The van der Waals surface area contributed by atoms with Crippen LogP contribution >= 0.6 is 0 Å². The van der Waals surface area contributed by atoms with Crippen molar-refractivity contribution in [3.63, 3.8) is 0 Å². The molecule has 1 aliphatic carbocycles. The molecule has 0 amide bonds. The van der Waals surface area contributed by atoms with Crippen LogP contribution in [-0.2, 0) is 5.41 Å². The first-order valence-electron chi connectivity index (χ1n) is 22.3. The van der Waals surface area contributed by atoms with E-state index < -0.39 is 0 Å². The van der Waals surface area contributed by atoms with Gasteiger partial charge in [0.15, 0.2) is 0 Å². The van der Waals surface area contributed by atoms with E-state index in [0.717, 1.165) is 17.1 Å². The van der Waals surface area contributed by atoms with Gasteiger partial charge in [0.25, 0.3) is 0 Å². The van der Waals surface area contributed by atoms with E-state index in [2.05, 4.69) is 267 Å². The Kier molecular flexibility index (Phi) is 9.94. The molecule has 0 unspecified atom stereocenters. The van der Waals surface area contributed by atoms with Crippen molar-refractivity contribution >= 4 is 17.1 Å². The van der Waals surface area contributed by atoms with Gasteiger partial charge in [-0.1, -0.05) is 232 Å². The third-order valence-corrected chi connectivity index (χ3v) is 13.1. The van der Waals surface area contributed by atoms with Crippen molar-refractivity contribution in [1.82, 2.24) is 0 Å². The van der Waals surface area contributed by atoms with Crippen LogP contribution in [0.5, 0.6) is 0 Å². The molecule has 0 aromatic heterocycles. The average Bonchev–Trinajstić information content (AvgIpc) is 3.61. The van der Waals surface area contributed by atoms with E-state index in [1.807, 2.05) is 0 Å². The molecule has 0 saturated carbocycles. The largest absolute Gasteiger partial charge is 0.310 e. The minimum absolute atomic E-state index is 0.115. The zero-order chi connectivity index (χ0) is 43.0. The maximum Gasteiger partial charge on any atom is 0.0546 e. The molecule has 1 aliphatic rings. The maximum absolute atomic E-state index is 2.45. The monoisotopic (exact) mass is 817 g/mol. The number of fused-ring (bicyclic) bond motifs is 3. The van der Waals surface area contributed by atoms with Crippen molar-refractivity contribution in [2.75, 3.05) is 4.90 Å². The van der Waals surface area contributed by atoms with E-state index in [4.69, 9.17) is 0 Å².